The normalized spacial score (nSPS) is 10.9. The van der Waals surface area contributed by atoms with Crippen LogP contribution in [-0.2, 0) is 0 Å². The summed E-state index contributed by atoms with van der Waals surface area (Å²) in [6, 6.07) is 5.71. The summed E-state index contributed by atoms with van der Waals surface area (Å²) in [4.78, 5) is 25.5. The third kappa shape index (κ3) is 3.60. The predicted molar refractivity (Wildman–Crippen MR) is 111 cm³/mol. The molecule has 6 nitrogen and oxygen atoms in total. The minimum atomic E-state index is -0.162. The van der Waals surface area contributed by atoms with Crippen LogP contribution in [-0.4, -0.2) is 36.1 Å². The summed E-state index contributed by atoms with van der Waals surface area (Å²) in [5.41, 5.74) is 2.62. The maximum Gasteiger partial charge on any atom is 0.266 e. The Morgan fingerprint density at radius 2 is 1.96 bits per heavy atom. The van der Waals surface area contributed by atoms with E-state index in [-0.39, 0.29) is 5.91 Å². The lowest BCUT2D eigenvalue weighted by Crippen LogP contribution is -2.23. The summed E-state index contributed by atoms with van der Waals surface area (Å²) in [6.07, 6.45) is 1.57. The fourth-order valence-corrected chi connectivity index (χ4v) is 4.17. The largest absolute Gasteiger partial charge is 0.495 e. The molecule has 0 fully saturated rings. The number of carbonyl (C=O) groups is 1. The van der Waals surface area contributed by atoms with Crippen LogP contribution in [0.3, 0.4) is 0 Å². The maximum atomic E-state index is 13.0. The summed E-state index contributed by atoms with van der Waals surface area (Å²) in [6.45, 7) is 9.82. The van der Waals surface area contributed by atoms with Gasteiger partial charge in [-0.3, -0.25) is 4.79 Å². The number of hydrogen-bond acceptors (Lipinski definition) is 6. The van der Waals surface area contributed by atoms with Gasteiger partial charge < -0.3 is 15.0 Å². The standard InChI is InChI=1S/C20H24N4O2S/c1-6-24(7-2)18-16-13(4)17(27-20(16)22-11-21-18)19(25)23-14-10-12(3)8-9-15(14)26-5/h8-11H,6-7H2,1-5H3,(H,23,25). The topological polar surface area (TPSA) is 67.4 Å². The second-order valence-corrected chi connectivity index (χ2v) is 7.26. The summed E-state index contributed by atoms with van der Waals surface area (Å²) in [7, 11) is 1.59. The van der Waals surface area contributed by atoms with E-state index >= 15 is 0 Å². The molecule has 2 heterocycles. The second-order valence-electron chi connectivity index (χ2n) is 6.26. The zero-order valence-corrected chi connectivity index (χ0v) is 17.1. The Labute approximate surface area is 163 Å². The molecular formula is C20H24N4O2S. The van der Waals surface area contributed by atoms with E-state index in [1.165, 1.54) is 11.3 Å². The van der Waals surface area contributed by atoms with Crippen LogP contribution in [0.25, 0.3) is 10.2 Å². The van der Waals surface area contributed by atoms with Gasteiger partial charge in [0, 0.05) is 13.1 Å². The highest BCUT2D eigenvalue weighted by molar-refractivity contribution is 7.20. The van der Waals surface area contributed by atoms with E-state index in [1.54, 1.807) is 13.4 Å². The van der Waals surface area contributed by atoms with Crippen LogP contribution in [0, 0.1) is 13.8 Å². The molecular weight excluding hydrogens is 360 g/mol. The number of nitrogens with one attached hydrogen (secondary N) is 1. The molecule has 1 N–H and O–H groups in total. The van der Waals surface area contributed by atoms with Gasteiger partial charge in [-0.25, -0.2) is 9.97 Å². The highest BCUT2D eigenvalue weighted by Gasteiger charge is 2.21. The van der Waals surface area contributed by atoms with E-state index in [0.717, 1.165) is 40.3 Å². The smallest absolute Gasteiger partial charge is 0.266 e. The Kier molecular flexibility index (Phi) is 5.60. The van der Waals surface area contributed by atoms with Crippen LogP contribution >= 0.6 is 11.3 Å². The third-order valence-corrected chi connectivity index (χ3v) is 5.78. The molecule has 0 saturated heterocycles. The van der Waals surface area contributed by atoms with Gasteiger partial charge in [-0.2, -0.15) is 0 Å². The number of anilines is 2. The van der Waals surface area contributed by atoms with E-state index in [4.69, 9.17) is 4.74 Å². The molecule has 0 spiro atoms. The van der Waals surface area contributed by atoms with Gasteiger partial charge in [0.25, 0.3) is 5.91 Å². The molecule has 142 valence electrons. The van der Waals surface area contributed by atoms with Crippen molar-refractivity contribution in [2.75, 3.05) is 30.4 Å². The summed E-state index contributed by atoms with van der Waals surface area (Å²) < 4.78 is 5.37. The van der Waals surface area contributed by atoms with Crippen molar-refractivity contribution in [3.8, 4) is 5.75 Å². The Morgan fingerprint density at radius 1 is 1.22 bits per heavy atom. The van der Waals surface area contributed by atoms with Crippen molar-refractivity contribution in [2.24, 2.45) is 0 Å². The Hall–Kier alpha value is -2.67. The minimum Gasteiger partial charge on any atom is -0.495 e. The van der Waals surface area contributed by atoms with Crippen molar-refractivity contribution in [1.82, 2.24) is 9.97 Å². The van der Waals surface area contributed by atoms with Crippen molar-refractivity contribution in [3.05, 3.63) is 40.5 Å². The molecule has 7 heteroatoms. The van der Waals surface area contributed by atoms with Crippen molar-refractivity contribution in [2.45, 2.75) is 27.7 Å². The number of carbonyl (C=O) groups excluding carboxylic acids is 1. The number of aryl methyl sites for hydroxylation is 2. The molecule has 0 bridgehead atoms. The van der Waals surface area contributed by atoms with Gasteiger partial charge in [0.1, 0.15) is 22.7 Å². The number of aromatic nitrogens is 2. The van der Waals surface area contributed by atoms with Gasteiger partial charge in [-0.1, -0.05) is 6.07 Å². The van der Waals surface area contributed by atoms with Gasteiger partial charge in [-0.15, -0.1) is 11.3 Å². The van der Waals surface area contributed by atoms with Crippen LogP contribution in [0.4, 0.5) is 11.5 Å². The first-order valence-electron chi connectivity index (χ1n) is 8.95. The number of ether oxygens (including phenoxy) is 1. The van der Waals surface area contributed by atoms with Gasteiger partial charge >= 0.3 is 0 Å². The monoisotopic (exact) mass is 384 g/mol. The first-order valence-corrected chi connectivity index (χ1v) is 9.76. The molecule has 3 aromatic rings. The number of amides is 1. The predicted octanol–water partition coefficient (Wildman–Crippen LogP) is 4.42. The molecule has 0 unspecified atom stereocenters. The van der Waals surface area contributed by atoms with E-state index < -0.39 is 0 Å². The van der Waals surface area contributed by atoms with Gasteiger partial charge in [0.15, 0.2) is 0 Å². The molecule has 0 aliphatic carbocycles. The van der Waals surface area contributed by atoms with Gasteiger partial charge in [0.2, 0.25) is 0 Å². The van der Waals surface area contributed by atoms with E-state index in [2.05, 4.69) is 34.0 Å². The van der Waals surface area contributed by atoms with Crippen LogP contribution < -0.4 is 15.0 Å². The van der Waals surface area contributed by atoms with Crippen LogP contribution in [0.2, 0.25) is 0 Å². The molecule has 0 radical (unpaired) electrons. The third-order valence-electron chi connectivity index (χ3n) is 4.58. The first kappa shape index (κ1) is 19.1. The van der Waals surface area contributed by atoms with E-state index in [9.17, 15) is 4.79 Å². The Morgan fingerprint density at radius 3 is 2.63 bits per heavy atom. The molecule has 27 heavy (non-hydrogen) atoms. The Balaban J connectivity index is 2.03. The summed E-state index contributed by atoms with van der Waals surface area (Å²) >= 11 is 1.39. The number of methoxy groups -OCH3 is 1. The molecule has 0 aliphatic heterocycles. The lowest BCUT2D eigenvalue weighted by molar-refractivity contribution is 0.102. The van der Waals surface area contributed by atoms with Crippen LogP contribution in [0.15, 0.2) is 24.5 Å². The van der Waals surface area contributed by atoms with Crippen LogP contribution in [0.1, 0.15) is 34.6 Å². The highest BCUT2D eigenvalue weighted by atomic mass is 32.1. The maximum absolute atomic E-state index is 13.0. The molecule has 3 rings (SSSR count). The molecule has 1 aromatic carbocycles. The summed E-state index contributed by atoms with van der Waals surface area (Å²) in [5.74, 6) is 1.35. The lowest BCUT2D eigenvalue weighted by atomic mass is 10.1. The molecule has 0 atom stereocenters. The number of hydrogen-bond donors (Lipinski definition) is 1. The average Bonchev–Trinajstić information content (AvgIpc) is 3.00. The lowest BCUT2D eigenvalue weighted by Gasteiger charge is -2.20. The highest BCUT2D eigenvalue weighted by Crippen LogP contribution is 2.35. The van der Waals surface area contributed by atoms with Gasteiger partial charge in [0.05, 0.1) is 23.1 Å². The fourth-order valence-electron chi connectivity index (χ4n) is 3.13. The molecule has 0 aliphatic rings. The minimum absolute atomic E-state index is 0.162. The average molecular weight is 385 g/mol. The number of nitrogens with zero attached hydrogens (tertiary/aromatic N) is 3. The Bertz CT molecular complexity index is 980. The molecule has 2 aromatic heterocycles. The number of rotatable bonds is 6. The zero-order chi connectivity index (χ0) is 19.6. The quantitative estimate of drug-likeness (QED) is 0.682. The molecule has 0 saturated carbocycles. The number of benzene rings is 1. The SMILES string of the molecule is CCN(CC)c1ncnc2sc(C(=O)Nc3cc(C)ccc3OC)c(C)c12. The van der Waals surface area contributed by atoms with Crippen molar-refractivity contribution < 1.29 is 9.53 Å². The van der Waals surface area contributed by atoms with Crippen molar-refractivity contribution in [1.29, 1.82) is 0 Å². The van der Waals surface area contributed by atoms with E-state index in [0.29, 0.717) is 16.3 Å². The second kappa shape index (κ2) is 7.92. The van der Waals surface area contributed by atoms with E-state index in [1.807, 2.05) is 32.0 Å². The van der Waals surface area contributed by atoms with Crippen molar-refractivity contribution >= 4 is 39.0 Å². The molecule has 1 amide bonds. The first-order chi connectivity index (χ1) is 13.0. The van der Waals surface area contributed by atoms with Gasteiger partial charge in [-0.05, 0) is 51.0 Å². The number of fused-ring (bicyclic) bond motifs is 1. The number of thiophene rings is 1. The zero-order valence-electron chi connectivity index (χ0n) is 16.3. The van der Waals surface area contributed by atoms with Crippen molar-refractivity contribution in [3.63, 3.8) is 0 Å². The summed E-state index contributed by atoms with van der Waals surface area (Å²) in [5, 5.41) is 3.93. The van der Waals surface area contributed by atoms with Crippen LogP contribution in [0.5, 0.6) is 5.75 Å². The fraction of sp³-hybridized carbons (Fsp3) is 0.350.